The fourth-order valence-corrected chi connectivity index (χ4v) is 3.80. The van der Waals surface area contributed by atoms with E-state index in [1.165, 1.54) is 23.6 Å². The number of aromatic nitrogens is 5. The molecule has 0 spiro atoms. The van der Waals surface area contributed by atoms with Gasteiger partial charge in [0.25, 0.3) is 6.43 Å². The Morgan fingerprint density at radius 2 is 2.17 bits per heavy atom. The van der Waals surface area contributed by atoms with Gasteiger partial charge in [0.05, 0.1) is 24.6 Å². The van der Waals surface area contributed by atoms with Crippen molar-refractivity contribution in [3.8, 4) is 0 Å². The zero-order valence-electron chi connectivity index (χ0n) is 18.9. The first-order chi connectivity index (χ1) is 16.7. The fourth-order valence-electron chi connectivity index (χ4n) is 3.80. The highest BCUT2D eigenvalue weighted by Crippen LogP contribution is 2.36. The van der Waals surface area contributed by atoms with E-state index in [1.54, 1.807) is 6.20 Å². The van der Waals surface area contributed by atoms with Crippen LogP contribution in [0.3, 0.4) is 0 Å². The van der Waals surface area contributed by atoms with Crippen molar-refractivity contribution in [2.75, 3.05) is 19.0 Å². The van der Waals surface area contributed by atoms with Crippen LogP contribution < -0.4 is 10.6 Å². The Morgan fingerprint density at radius 3 is 2.89 bits per heavy atom. The number of amides is 1. The van der Waals surface area contributed by atoms with Gasteiger partial charge in [-0.2, -0.15) is 5.10 Å². The van der Waals surface area contributed by atoms with Crippen molar-refractivity contribution in [3.05, 3.63) is 35.4 Å². The second kappa shape index (κ2) is 9.00. The minimum Gasteiger partial charge on any atom is -0.441 e. The zero-order valence-corrected chi connectivity index (χ0v) is 18.9. The number of aromatic amines is 1. The molecule has 1 saturated heterocycles. The molecule has 2 fully saturated rings. The molecule has 1 saturated carbocycles. The Morgan fingerprint density at radius 1 is 1.37 bits per heavy atom. The Bertz CT molecular complexity index is 1230. The number of rotatable bonds is 8. The topological polar surface area (TPSA) is 128 Å². The quantitative estimate of drug-likeness (QED) is 0.434. The van der Waals surface area contributed by atoms with Crippen molar-refractivity contribution in [1.82, 2.24) is 29.9 Å². The lowest BCUT2D eigenvalue weighted by atomic mass is 10.1. The van der Waals surface area contributed by atoms with Crippen molar-refractivity contribution in [2.45, 2.75) is 56.7 Å². The highest BCUT2D eigenvalue weighted by atomic mass is 19.3. The van der Waals surface area contributed by atoms with Gasteiger partial charge < -0.3 is 24.8 Å². The third kappa shape index (κ3) is 4.89. The summed E-state index contributed by atoms with van der Waals surface area (Å²) in [6, 6.07) is 2.66. The van der Waals surface area contributed by atoms with E-state index in [2.05, 4.69) is 30.8 Å². The number of alkyl carbamates (subject to hydrolysis) is 1. The van der Waals surface area contributed by atoms with Gasteiger partial charge >= 0.3 is 6.09 Å². The van der Waals surface area contributed by atoms with E-state index in [1.807, 2.05) is 6.92 Å². The Balaban J connectivity index is 1.30. The summed E-state index contributed by atoms with van der Waals surface area (Å²) in [5.41, 5.74) is 0.310. The molecule has 0 unspecified atom stereocenters. The smallest absolute Gasteiger partial charge is 0.408 e. The van der Waals surface area contributed by atoms with Crippen LogP contribution in [0.4, 0.5) is 29.7 Å². The minimum atomic E-state index is -2.81. The van der Waals surface area contributed by atoms with Crippen LogP contribution in [0, 0.1) is 0 Å². The number of hydrogen-bond acceptors (Lipinski definition) is 8. The normalized spacial score (nSPS) is 23.1. The summed E-state index contributed by atoms with van der Waals surface area (Å²) in [5.74, 6) is 0.239. The molecule has 11 nitrogen and oxygen atoms in total. The molecule has 1 aliphatic heterocycles. The molecule has 3 N–H and O–H groups in total. The third-order valence-corrected chi connectivity index (χ3v) is 5.93. The van der Waals surface area contributed by atoms with E-state index >= 15 is 0 Å². The van der Waals surface area contributed by atoms with Crippen molar-refractivity contribution in [3.63, 3.8) is 0 Å². The van der Waals surface area contributed by atoms with Crippen molar-refractivity contribution < 1.29 is 32.2 Å². The number of ether oxygens (including phenoxy) is 3. The lowest BCUT2D eigenvalue weighted by molar-refractivity contribution is 0.0604. The molecule has 188 valence electrons. The first kappa shape index (κ1) is 23.4. The Labute approximate surface area is 197 Å². The van der Waals surface area contributed by atoms with Crippen molar-refractivity contribution in [2.24, 2.45) is 0 Å². The molecule has 0 radical (unpaired) electrons. The molecular formula is C21H24F3N7O4. The molecule has 0 aromatic carbocycles. The van der Waals surface area contributed by atoms with E-state index < -0.39 is 36.6 Å². The van der Waals surface area contributed by atoms with Gasteiger partial charge in [-0.25, -0.2) is 27.9 Å². The first-order valence-corrected chi connectivity index (χ1v) is 11.0. The van der Waals surface area contributed by atoms with Gasteiger partial charge in [0, 0.05) is 31.0 Å². The number of nitrogens with zero attached hydrogens (tertiary/aromatic N) is 4. The molecule has 2 aliphatic rings. The van der Waals surface area contributed by atoms with Gasteiger partial charge in [0.15, 0.2) is 18.1 Å². The van der Waals surface area contributed by atoms with Crippen LogP contribution in [0.5, 0.6) is 0 Å². The average molecular weight is 495 g/mol. The zero-order chi connectivity index (χ0) is 24.7. The molecule has 3 aromatic heterocycles. The molecule has 1 aliphatic carbocycles. The number of imidazole rings is 1. The van der Waals surface area contributed by atoms with Crippen LogP contribution in [0.1, 0.15) is 49.4 Å². The summed E-state index contributed by atoms with van der Waals surface area (Å²) < 4.78 is 59.0. The number of nitrogens with one attached hydrogen (secondary N) is 3. The first-order valence-electron chi connectivity index (χ1n) is 11.0. The van der Waals surface area contributed by atoms with Crippen molar-refractivity contribution >= 4 is 23.5 Å². The number of hydrogen-bond donors (Lipinski definition) is 3. The largest absolute Gasteiger partial charge is 0.441 e. The summed E-state index contributed by atoms with van der Waals surface area (Å²) in [6.07, 6.45) is -3.94. The molecule has 4 heterocycles. The molecule has 0 bridgehead atoms. The van der Waals surface area contributed by atoms with E-state index in [0.717, 1.165) is 12.8 Å². The lowest BCUT2D eigenvalue weighted by Gasteiger charge is -2.17. The van der Waals surface area contributed by atoms with E-state index in [0.29, 0.717) is 5.69 Å². The Kier molecular flexibility index (Phi) is 6.01. The summed E-state index contributed by atoms with van der Waals surface area (Å²) in [6.45, 7) is 1.96. The van der Waals surface area contributed by atoms with Gasteiger partial charge in [-0.15, -0.1) is 0 Å². The van der Waals surface area contributed by atoms with E-state index in [-0.39, 0.29) is 41.9 Å². The highest BCUT2D eigenvalue weighted by Gasteiger charge is 2.44. The number of anilines is 2. The Hall–Kier alpha value is -3.39. The molecule has 3 atom stereocenters. The lowest BCUT2D eigenvalue weighted by Crippen LogP contribution is -2.39. The number of carbonyl (C=O) groups excluding carboxylic acids is 1. The molecule has 5 rings (SSSR count). The minimum absolute atomic E-state index is 0.0429. The molecule has 1 amide bonds. The number of H-pyrrole nitrogens is 1. The van der Waals surface area contributed by atoms with Gasteiger partial charge in [-0.1, -0.05) is 0 Å². The number of halogens is 3. The number of alkyl halides is 3. The van der Waals surface area contributed by atoms with Gasteiger partial charge in [-0.05, 0) is 19.8 Å². The number of fused-ring (bicyclic) bond motifs is 1. The SMILES string of the molecule is COCc1cn2c(Nc3cc([C@H]4OC[C@@H](OC(=O)NC5(C)CC5)[C@H]4F)[nH]n3)nc(C(F)F)cc2n1. The van der Waals surface area contributed by atoms with E-state index in [9.17, 15) is 18.0 Å². The maximum atomic E-state index is 15.0. The second-order valence-electron chi connectivity index (χ2n) is 8.86. The second-order valence-corrected chi connectivity index (χ2v) is 8.86. The maximum Gasteiger partial charge on any atom is 0.408 e. The number of methoxy groups -OCH3 is 1. The maximum absolute atomic E-state index is 15.0. The van der Waals surface area contributed by atoms with Gasteiger partial charge in [-0.3, -0.25) is 9.50 Å². The predicted molar refractivity (Wildman–Crippen MR) is 115 cm³/mol. The van der Waals surface area contributed by atoms with Crippen LogP contribution in [-0.4, -0.2) is 62.2 Å². The van der Waals surface area contributed by atoms with Crippen LogP contribution >= 0.6 is 0 Å². The summed E-state index contributed by atoms with van der Waals surface area (Å²) in [4.78, 5) is 20.2. The molecule has 14 heteroatoms. The van der Waals surface area contributed by atoms with Crippen LogP contribution in [0.25, 0.3) is 5.65 Å². The van der Waals surface area contributed by atoms with Gasteiger partial charge in [0.1, 0.15) is 17.4 Å². The van der Waals surface area contributed by atoms with Crippen molar-refractivity contribution in [1.29, 1.82) is 0 Å². The monoisotopic (exact) mass is 495 g/mol. The van der Waals surface area contributed by atoms with Crippen LogP contribution in [0.15, 0.2) is 18.3 Å². The molecule has 3 aromatic rings. The summed E-state index contributed by atoms with van der Waals surface area (Å²) >= 11 is 0. The van der Waals surface area contributed by atoms with Crippen LogP contribution in [-0.2, 0) is 20.8 Å². The highest BCUT2D eigenvalue weighted by molar-refractivity contribution is 5.69. The third-order valence-electron chi connectivity index (χ3n) is 5.93. The van der Waals surface area contributed by atoms with Crippen LogP contribution in [0.2, 0.25) is 0 Å². The average Bonchev–Trinajstić information content (AvgIpc) is 3.14. The standard InChI is InChI=1S/C21H24F3N7O4/c1-21(3-4-21)28-20(32)35-13-9-34-17(16(13)22)11-5-14(30-29-11)27-19-26-12(18(23)24)6-15-25-10(8-33-2)7-31(15)19/h5-7,13,16-18H,3-4,8-9H2,1-2H3,(H,28,32)(H2,26,27,29,30)/t13-,16-,17-/m1/s1. The van der Waals surface area contributed by atoms with Gasteiger partial charge in [0.2, 0.25) is 5.95 Å². The predicted octanol–water partition coefficient (Wildman–Crippen LogP) is 3.34. The molecular weight excluding hydrogens is 471 g/mol. The summed E-state index contributed by atoms with van der Waals surface area (Å²) in [5, 5.41) is 12.3. The molecule has 35 heavy (non-hydrogen) atoms. The fraction of sp³-hybridized carbons (Fsp3) is 0.524. The van der Waals surface area contributed by atoms with E-state index in [4.69, 9.17) is 14.2 Å². The summed E-state index contributed by atoms with van der Waals surface area (Å²) in [7, 11) is 1.50. The number of carbonyl (C=O) groups is 1.